The minimum absolute atomic E-state index is 0.360. The van der Waals surface area contributed by atoms with E-state index in [-0.39, 0.29) is 0 Å². The number of hydrogen-bond donors (Lipinski definition) is 0. The van der Waals surface area contributed by atoms with Gasteiger partial charge in [0.15, 0.2) is 0 Å². The molecule has 2 atom stereocenters. The highest BCUT2D eigenvalue weighted by Crippen LogP contribution is 2.35. The standard InChI is InChI=1S/C14H14N2S2/c1-2-4-12-10(3-1)7-13(18-12)11-8-16-5-6-17-14(9-16)15-11/h1-4,7,11H,5-6,8-9H2. The lowest BCUT2D eigenvalue weighted by Crippen LogP contribution is -2.41. The molecule has 1 aromatic heterocycles. The molecule has 1 saturated heterocycles. The van der Waals surface area contributed by atoms with Gasteiger partial charge < -0.3 is 0 Å². The third-order valence-electron chi connectivity index (χ3n) is 3.54. The summed E-state index contributed by atoms with van der Waals surface area (Å²) in [7, 11) is 0. The number of hydrogen-bond acceptors (Lipinski definition) is 4. The maximum absolute atomic E-state index is 4.92. The van der Waals surface area contributed by atoms with E-state index in [2.05, 4.69) is 35.2 Å². The molecule has 4 rings (SSSR count). The van der Waals surface area contributed by atoms with Gasteiger partial charge in [0, 0.05) is 35.0 Å². The van der Waals surface area contributed by atoms with Crippen molar-refractivity contribution < 1.29 is 0 Å². The molecular formula is C14H14N2S2. The van der Waals surface area contributed by atoms with Gasteiger partial charge in [-0.25, -0.2) is 0 Å². The summed E-state index contributed by atoms with van der Waals surface area (Å²) >= 11 is 3.84. The average Bonchev–Trinajstić information content (AvgIpc) is 2.82. The first-order valence-corrected chi connectivity index (χ1v) is 8.09. The second-order valence-electron chi connectivity index (χ2n) is 4.81. The minimum Gasteiger partial charge on any atom is -0.294 e. The smallest absolute Gasteiger partial charge is 0.0978 e. The van der Waals surface area contributed by atoms with Crippen molar-refractivity contribution in [2.75, 3.05) is 25.4 Å². The van der Waals surface area contributed by atoms with E-state index in [1.54, 1.807) is 0 Å². The molecule has 0 spiro atoms. The minimum atomic E-state index is 0.360. The molecule has 0 amide bonds. The van der Waals surface area contributed by atoms with E-state index in [1.807, 2.05) is 23.1 Å². The molecule has 2 unspecified atom stereocenters. The Balaban J connectivity index is 1.74. The van der Waals surface area contributed by atoms with Crippen LogP contribution in [0.25, 0.3) is 10.1 Å². The lowest BCUT2D eigenvalue weighted by molar-refractivity contribution is 0.295. The molecule has 2 nitrogen and oxygen atoms in total. The number of rotatable bonds is 1. The van der Waals surface area contributed by atoms with Crippen LogP contribution in [-0.2, 0) is 0 Å². The highest BCUT2D eigenvalue weighted by molar-refractivity contribution is 8.14. The van der Waals surface area contributed by atoms with Crippen LogP contribution in [0, 0.1) is 0 Å². The van der Waals surface area contributed by atoms with Gasteiger partial charge in [0.25, 0.3) is 0 Å². The molecule has 2 bridgehead atoms. The van der Waals surface area contributed by atoms with Gasteiger partial charge >= 0.3 is 0 Å². The van der Waals surface area contributed by atoms with Crippen molar-refractivity contribution >= 4 is 38.2 Å². The number of fused-ring (bicyclic) bond motifs is 3. The Morgan fingerprint density at radius 1 is 1.28 bits per heavy atom. The maximum Gasteiger partial charge on any atom is 0.0978 e. The lowest BCUT2D eigenvalue weighted by Gasteiger charge is -2.34. The van der Waals surface area contributed by atoms with Gasteiger partial charge in [0.2, 0.25) is 0 Å². The van der Waals surface area contributed by atoms with E-state index in [4.69, 9.17) is 4.99 Å². The van der Waals surface area contributed by atoms with Crippen LogP contribution in [-0.4, -0.2) is 35.3 Å². The van der Waals surface area contributed by atoms with Crippen molar-refractivity contribution in [1.29, 1.82) is 0 Å². The molecule has 2 aromatic rings. The van der Waals surface area contributed by atoms with Crippen molar-refractivity contribution in [1.82, 2.24) is 4.90 Å². The largest absolute Gasteiger partial charge is 0.294 e. The van der Waals surface area contributed by atoms with Gasteiger partial charge in [0.1, 0.15) is 0 Å². The van der Waals surface area contributed by atoms with Gasteiger partial charge in [-0.2, -0.15) is 0 Å². The summed E-state index contributed by atoms with van der Waals surface area (Å²) < 4.78 is 1.38. The van der Waals surface area contributed by atoms with E-state index in [9.17, 15) is 0 Å². The molecule has 2 aliphatic heterocycles. The van der Waals surface area contributed by atoms with Gasteiger partial charge in [0.05, 0.1) is 11.1 Å². The third kappa shape index (κ3) is 1.88. The molecular weight excluding hydrogens is 260 g/mol. The summed E-state index contributed by atoms with van der Waals surface area (Å²) in [4.78, 5) is 8.87. The Hall–Kier alpha value is -0.840. The zero-order valence-electron chi connectivity index (χ0n) is 10.0. The van der Waals surface area contributed by atoms with Gasteiger partial charge in [-0.3, -0.25) is 9.89 Å². The fourth-order valence-corrected chi connectivity index (χ4v) is 4.78. The number of aliphatic imine (C=N–C) groups is 1. The number of thiophene rings is 1. The Kier molecular flexibility index (Phi) is 2.68. The van der Waals surface area contributed by atoms with E-state index in [0.29, 0.717) is 6.04 Å². The molecule has 18 heavy (non-hydrogen) atoms. The topological polar surface area (TPSA) is 15.6 Å². The molecule has 1 fully saturated rings. The van der Waals surface area contributed by atoms with Crippen molar-refractivity contribution in [2.24, 2.45) is 4.99 Å². The summed E-state index contributed by atoms with van der Waals surface area (Å²) in [6.45, 7) is 3.38. The molecule has 0 aliphatic carbocycles. The van der Waals surface area contributed by atoms with Crippen molar-refractivity contribution in [2.45, 2.75) is 6.04 Å². The predicted octanol–water partition coefficient (Wildman–Crippen LogP) is 3.40. The Bertz CT molecular complexity index is 584. The highest BCUT2D eigenvalue weighted by Gasteiger charge is 2.27. The average molecular weight is 274 g/mol. The predicted molar refractivity (Wildman–Crippen MR) is 80.9 cm³/mol. The number of benzene rings is 1. The quantitative estimate of drug-likeness (QED) is 0.792. The maximum atomic E-state index is 4.92. The van der Waals surface area contributed by atoms with Crippen molar-refractivity contribution in [3.63, 3.8) is 0 Å². The summed E-state index contributed by atoms with van der Waals surface area (Å²) in [5.41, 5.74) is 0. The van der Waals surface area contributed by atoms with E-state index >= 15 is 0 Å². The first-order valence-electron chi connectivity index (χ1n) is 6.29. The van der Waals surface area contributed by atoms with E-state index in [1.165, 1.54) is 32.3 Å². The zero-order chi connectivity index (χ0) is 11.9. The molecule has 0 radical (unpaired) electrons. The Morgan fingerprint density at radius 3 is 3.11 bits per heavy atom. The van der Waals surface area contributed by atoms with E-state index in [0.717, 1.165) is 13.1 Å². The third-order valence-corrected chi connectivity index (χ3v) is 5.71. The first kappa shape index (κ1) is 11.0. The second-order valence-corrected chi connectivity index (χ2v) is 7.09. The van der Waals surface area contributed by atoms with Crippen LogP contribution in [0.2, 0.25) is 0 Å². The highest BCUT2D eigenvalue weighted by atomic mass is 32.2. The molecule has 3 heterocycles. The molecule has 0 saturated carbocycles. The monoisotopic (exact) mass is 274 g/mol. The van der Waals surface area contributed by atoms with Crippen LogP contribution in [0.4, 0.5) is 0 Å². The second kappa shape index (κ2) is 4.37. The van der Waals surface area contributed by atoms with Crippen molar-refractivity contribution in [3.05, 3.63) is 35.2 Å². The van der Waals surface area contributed by atoms with Crippen LogP contribution in [0.5, 0.6) is 0 Å². The number of thioether (sulfide) groups is 1. The van der Waals surface area contributed by atoms with Gasteiger partial charge in [-0.05, 0) is 17.5 Å². The number of nitrogens with zero attached hydrogens (tertiary/aromatic N) is 2. The fraction of sp³-hybridized carbons (Fsp3) is 0.357. The molecule has 2 aliphatic rings. The summed E-state index contributed by atoms with van der Waals surface area (Å²) in [5, 5.41) is 2.69. The molecule has 92 valence electrons. The van der Waals surface area contributed by atoms with Crippen LogP contribution in [0.1, 0.15) is 10.9 Å². The fourth-order valence-electron chi connectivity index (χ4n) is 2.62. The van der Waals surface area contributed by atoms with Gasteiger partial charge in [-0.15, -0.1) is 23.1 Å². The summed E-state index contributed by atoms with van der Waals surface area (Å²) in [6, 6.07) is 11.3. The summed E-state index contributed by atoms with van der Waals surface area (Å²) in [6.07, 6.45) is 0. The first-order chi connectivity index (χ1) is 8.88. The zero-order valence-corrected chi connectivity index (χ0v) is 11.6. The molecule has 1 aromatic carbocycles. The van der Waals surface area contributed by atoms with Crippen LogP contribution in [0.3, 0.4) is 0 Å². The molecule has 0 N–H and O–H groups in total. The van der Waals surface area contributed by atoms with Crippen molar-refractivity contribution in [3.8, 4) is 0 Å². The van der Waals surface area contributed by atoms with E-state index < -0.39 is 0 Å². The molecule has 4 heteroatoms. The Labute approximate surface area is 115 Å². The normalized spacial score (nSPS) is 27.2. The lowest BCUT2D eigenvalue weighted by atomic mass is 10.1. The van der Waals surface area contributed by atoms with Crippen LogP contribution in [0.15, 0.2) is 35.3 Å². The summed E-state index contributed by atoms with van der Waals surface area (Å²) in [5.74, 6) is 1.21. The SMILES string of the molecule is c1ccc2sc(C3CN4CCSC(=N3)C4)cc2c1. The van der Waals surface area contributed by atoms with Crippen LogP contribution < -0.4 is 0 Å². The Morgan fingerprint density at radius 2 is 2.22 bits per heavy atom. The van der Waals surface area contributed by atoms with Crippen LogP contribution >= 0.6 is 23.1 Å². The van der Waals surface area contributed by atoms with Gasteiger partial charge in [-0.1, -0.05) is 18.2 Å².